The number of rotatable bonds is 3. The Morgan fingerprint density at radius 2 is 2.27 bits per heavy atom. The molecular formula is C15H22N6O. The molecule has 0 bridgehead atoms. The summed E-state index contributed by atoms with van der Waals surface area (Å²) in [5.74, 6) is 0.826. The predicted octanol–water partition coefficient (Wildman–Crippen LogP) is 0.494. The van der Waals surface area contributed by atoms with Crippen molar-refractivity contribution in [3.8, 4) is 0 Å². The number of amides is 1. The summed E-state index contributed by atoms with van der Waals surface area (Å²) in [4.78, 5) is 22.9. The molecule has 3 heterocycles. The molecule has 7 heteroatoms. The van der Waals surface area contributed by atoms with Gasteiger partial charge < -0.3 is 10.2 Å². The third kappa shape index (κ3) is 2.81. The number of hydrogen-bond donors (Lipinski definition) is 1. The zero-order chi connectivity index (χ0) is 15.7. The molecule has 1 unspecified atom stereocenters. The molecule has 0 saturated carbocycles. The quantitative estimate of drug-likeness (QED) is 0.893. The molecule has 1 aliphatic heterocycles. The number of aryl methyl sites for hydroxylation is 2. The van der Waals surface area contributed by atoms with Crippen LogP contribution in [0, 0.1) is 13.8 Å². The fourth-order valence-corrected chi connectivity index (χ4v) is 3.07. The Morgan fingerprint density at radius 3 is 3.05 bits per heavy atom. The maximum atomic E-state index is 12.4. The molecule has 1 aliphatic rings. The van der Waals surface area contributed by atoms with Gasteiger partial charge in [-0.25, -0.2) is 9.50 Å². The van der Waals surface area contributed by atoms with Gasteiger partial charge in [0.15, 0.2) is 0 Å². The van der Waals surface area contributed by atoms with Crippen molar-refractivity contribution in [2.45, 2.75) is 39.7 Å². The number of hydrogen-bond acceptors (Lipinski definition) is 5. The summed E-state index contributed by atoms with van der Waals surface area (Å²) in [6.07, 6.45) is 2.71. The van der Waals surface area contributed by atoms with Gasteiger partial charge in [0, 0.05) is 43.5 Å². The van der Waals surface area contributed by atoms with Gasteiger partial charge in [0.25, 0.3) is 5.78 Å². The number of nitrogens with one attached hydrogen (secondary N) is 1. The van der Waals surface area contributed by atoms with E-state index in [1.807, 2.05) is 18.7 Å². The Bertz CT molecular complexity index is 695. The lowest BCUT2D eigenvalue weighted by Gasteiger charge is -2.32. The van der Waals surface area contributed by atoms with Crippen LogP contribution in [-0.2, 0) is 11.2 Å². The smallest absolute Gasteiger partial charge is 0.252 e. The van der Waals surface area contributed by atoms with Gasteiger partial charge in [-0.1, -0.05) is 0 Å². The van der Waals surface area contributed by atoms with Crippen molar-refractivity contribution in [1.29, 1.82) is 0 Å². The van der Waals surface area contributed by atoms with E-state index in [1.54, 1.807) is 4.52 Å². The topological polar surface area (TPSA) is 75.4 Å². The van der Waals surface area contributed by atoms with E-state index in [0.717, 1.165) is 36.6 Å². The Morgan fingerprint density at radius 1 is 1.45 bits per heavy atom. The highest BCUT2D eigenvalue weighted by Gasteiger charge is 2.21. The molecular weight excluding hydrogens is 280 g/mol. The van der Waals surface area contributed by atoms with Gasteiger partial charge in [0.1, 0.15) is 6.33 Å². The van der Waals surface area contributed by atoms with E-state index >= 15 is 0 Å². The molecule has 2 aromatic heterocycles. The predicted molar refractivity (Wildman–Crippen MR) is 82.6 cm³/mol. The van der Waals surface area contributed by atoms with Gasteiger partial charge in [-0.2, -0.15) is 10.1 Å². The van der Waals surface area contributed by atoms with Crippen molar-refractivity contribution in [2.24, 2.45) is 0 Å². The van der Waals surface area contributed by atoms with Crippen LogP contribution in [0.1, 0.15) is 30.3 Å². The minimum atomic E-state index is 0.214. The Labute approximate surface area is 129 Å². The van der Waals surface area contributed by atoms with E-state index in [-0.39, 0.29) is 5.91 Å². The second kappa shape index (κ2) is 6.00. The molecule has 0 spiro atoms. The first-order valence-corrected chi connectivity index (χ1v) is 7.73. The summed E-state index contributed by atoms with van der Waals surface area (Å²) in [7, 11) is 0. The van der Waals surface area contributed by atoms with Crippen LogP contribution in [0.15, 0.2) is 6.33 Å². The number of carbonyl (C=O) groups excluding carboxylic acids is 1. The average molecular weight is 302 g/mol. The van der Waals surface area contributed by atoms with E-state index in [0.29, 0.717) is 24.7 Å². The van der Waals surface area contributed by atoms with E-state index in [4.69, 9.17) is 0 Å². The molecule has 118 valence electrons. The lowest BCUT2D eigenvalue weighted by atomic mass is 10.1. The molecule has 1 atom stereocenters. The maximum Gasteiger partial charge on any atom is 0.252 e. The number of fused-ring (bicyclic) bond motifs is 1. The summed E-state index contributed by atoms with van der Waals surface area (Å²) >= 11 is 0. The maximum absolute atomic E-state index is 12.4. The summed E-state index contributed by atoms with van der Waals surface area (Å²) in [5, 5.41) is 7.54. The molecule has 0 aliphatic carbocycles. The van der Waals surface area contributed by atoms with E-state index < -0.39 is 0 Å². The van der Waals surface area contributed by atoms with Crippen molar-refractivity contribution >= 4 is 11.7 Å². The Balaban J connectivity index is 1.72. The lowest BCUT2D eigenvalue weighted by molar-refractivity contribution is -0.132. The van der Waals surface area contributed by atoms with Crippen molar-refractivity contribution in [2.75, 3.05) is 19.6 Å². The minimum absolute atomic E-state index is 0.214. The molecule has 3 rings (SSSR count). The molecule has 1 N–H and O–H groups in total. The molecule has 0 radical (unpaired) electrons. The normalized spacial score (nSPS) is 18.9. The molecule has 0 aromatic carbocycles. The van der Waals surface area contributed by atoms with Crippen LogP contribution in [0.2, 0.25) is 0 Å². The van der Waals surface area contributed by atoms with Gasteiger partial charge in [-0.3, -0.25) is 4.79 Å². The molecule has 1 fully saturated rings. The third-order valence-electron chi connectivity index (χ3n) is 4.30. The number of aromatic nitrogens is 4. The van der Waals surface area contributed by atoms with Crippen LogP contribution in [0.4, 0.5) is 0 Å². The van der Waals surface area contributed by atoms with Gasteiger partial charge in [-0.05, 0) is 32.8 Å². The highest BCUT2D eigenvalue weighted by atomic mass is 16.2. The van der Waals surface area contributed by atoms with Crippen LogP contribution in [0.25, 0.3) is 5.78 Å². The van der Waals surface area contributed by atoms with Crippen LogP contribution in [-0.4, -0.2) is 56.1 Å². The summed E-state index contributed by atoms with van der Waals surface area (Å²) in [6.45, 7) is 8.53. The van der Waals surface area contributed by atoms with Crippen molar-refractivity contribution < 1.29 is 4.79 Å². The fourth-order valence-electron chi connectivity index (χ4n) is 3.07. The van der Waals surface area contributed by atoms with Gasteiger partial charge in [-0.15, -0.1) is 0 Å². The minimum Gasteiger partial charge on any atom is -0.340 e. The first-order valence-electron chi connectivity index (χ1n) is 7.73. The van der Waals surface area contributed by atoms with Crippen molar-refractivity contribution in [1.82, 2.24) is 29.8 Å². The first-order chi connectivity index (χ1) is 10.6. The monoisotopic (exact) mass is 302 g/mol. The Hall–Kier alpha value is -2.02. The second-order valence-electron chi connectivity index (χ2n) is 5.93. The Kier molecular flexibility index (Phi) is 4.06. The number of nitrogens with zero attached hydrogens (tertiary/aromatic N) is 5. The molecule has 1 amide bonds. The van der Waals surface area contributed by atoms with Crippen LogP contribution >= 0.6 is 0 Å². The first kappa shape index (κ1) is 14.9. The van der Waals surface area contributed by atoms with Gasteiger partial charge >= 0.3 is 0 Å². The average Bonchev–Trinajstić information content (AvgIpc) is 2.95. The highest BCUT2D eigenvalue weighted by molar-refractivity contribution is 5.76. The van der Waals surface area contributed by atoms with E-state index in [9.17, 15) is 4.79 Å². The van der Waals surface area contributed by atoms with Crippen molar-refractivity contribution in [3.05, 3.63) is 23.3 Å². The van der Waals surface area contributed by atoms with Crippen LogP contribution in [0.3, 0.4) is 0 Å². The summed E-state index contributed by atoms with van der Waals surface area (Å²) < 4.78 is 1.74. The standard InChI is InChI=1S/C15H22N6O/c1-10-8-20(7-6-16-10)14(22)5-4-13-11(2)19-15-17-9-18-21(15)12(13)3/h9-10,16H,4-8H2,1-3H3. The second-order valence-corrected chi connectivity index (χ2v) is 5.93. The molecule has 22 heavy (non-hydrogen) atoms. The largest absolute Gasteiger partial charge is 0.340 e. The highest BCUT2D eigenvalue weighted by Crippen LogP contribution is 2.15. The van der Waals surface area contributed by atoms with Crippen LogP contribution in [0.5, 0.6) is 0 Å². The number of carbonyl (C=O) groups is 1. The van der Waals surface area contributed by atoms with Gasteiger partial charge in [0.05, 0.1) is 0 Å². The fraction of sp³-hybridized carbons (Fsp3) is 0.600. The zero-order valence-electron chi connectivity index (χ0n) is 13.3. The molecule has 1 saturated heterocycles. The van der Waals surface area contributed by atoms with Gasteiger partial charge in [0.2, 0.25) is 5.91 Å². The van der Waals surface area contributed by atoms with Crippen LogP contribution < -0.4 is 5.32 Å². The molecule has 7 nitrogen and oxygen atoms in total. The third-order valence-corrected chi connectivity index (χ3v) is 4.30. The summed E-state index contributed by atoms with van der Waals surface area (Å²) in [6, 6.07) is 0.370. The van der Waals surface area contributed by atoms with Crippen molar-refractivity contribution in [3.63, 3.8) is 0 Å². The SMILES string of the molecule is Cc1nc2ncnn2c(C)c1CCC(=O)N1CCNC(C)C1. The summed E-state index contributed by atoms with van der Waals surface area (Å²) in [5.41, 5.74) is 3.04. The lowest BCUT2D eigenvalue weighted by Crippen LogP contribution is -2.51. The zero-order valence-corrected chi connectivity index (χ0v) is 13.3. The van der Waals surface area contributed by atoms with E-state index in [2.05, 4.69) is 27.3 Å². The van der Waals surface area contributed by atoms with E-state index in [1.165, 1.54) is 6.33 Å². The number of piperazine rings is 1. The molecule has 2 aromatic rings.